The van der Waals surface area contributed by atoms with Crippen LogP contribution in [0.5, 0.6) is 0 Å². The van der Waals surface area contributed by atoms with Crippen molar-refractivity contribution < 1.29 is 27.9 Å². The molecule has 24 heavy (non-hydrogen) atoms. The van der Waals surface area contributed by atoms with E-state index in [1.54, 1.807) is 11.8 Å². The number of rotatable bonds is 7. The molecule has 1 amide bonds. The third-order valence-electron chi connectivity index (χ3n) is 3.36. The third kappa shape index (κ3) is 4.28. The monoisotopic (exact) mass is 394 g/mol. The van der Waals surface area contributed by atoms with Crippen LogP contribution in [0.25, 0.3) is 0 Å². The number of amides is 1. The number of hydrogen-bond acceptors (Lipinski definition) is 7. The van der Waals surface area contributed by atoms with Gasteiger partial charge in [-0.15, -0.1) is 11.3 Å². The first-order valence-corrected chi connectivity index (χ1v) is 10.5. The number of carbonyl (C=O) groups is 2. The van der Waals surface area contributed by atoms with Crippen molar-refractivity contribution in [1.29, 1.82) is 0 Å². The summed E-state index contributed by atoms with van der Waals surface area (Å²) in [4.78, 5) is 23.3. The molecular weight excluding hydrogens is 376 g/mol. The van der Waals surface area contributed by atoms with Gasteiger partial charge < -0.3 is 15.2 Å². The second-order valence-electron chi connectivity index (χ2n) is 4.95. The lowest BCUT2D eigenvalue weighted by atomic mass is 10.3. The molecule has 2 rings (SSSR count). The first-order valence-electron chi connectivity index (χ1n) is 7.06. The van der Waals surface area contributed by atoms with E-state index in [4.69, 9.17) is 9.84 Å². The van der Waals surface area contributed by atoms with Crippen LogP contribution in [0.1, 0.15) is 9.67 Å². The lowest BCUT2D eigenvalue weighted by Gasteiger charge is -2.25. The van der Waals surface area contributed by atoms with Crippen molar-refractivity contribution in [2.45, 2.75) is 10.9 Å². The number of carboxylic acids is 1. The SMILES string of the molecule is COCC(NC(=O)c1sccc1S(=O)(=O)N1CCSCC1)C(=O)O. The van der Waals surface area contributed by atoms with Gasteiger partial charge in [-0.1, -0.05) is 0 Å². The lowest BCUT2D eigenvalue weighted by Crippen LogP contribution is -2.44. The molecule has 0 bridgehead atoms. The Morgan fingerprint density at radius 3 is 2.67 bits per heavy atom. The van der Waals surface area contributed by atoms with Crippen molar-refractivity contribution in [2.75, 3.05) is 38.3 Å². The van der Waals surface area contributed by atoms with Crippen LogP contribution in [-0.4, -0.2) is 74.1 Å². The summed E-state index contributed by atoms with van der Waals surface area (Å²) in [6.07, 6.45) is 0. The highest BCUT2D eigenvalue weighted by molar-refractivity contribution is 7.99. The fraction of sp³-hybridized carbons (Fsp3) is 0.538. The second kappa shape index (κ2) is 8.30. The van der Waals surface area contributed by atoms with Gasteiger partial charge in [-0.25, -0.2) is 13.2 Å². The Bertz CT molecular complexity index is 696. The van der Waals surface area contributed by atoms with E-state index in [1.807, 2.05) is 0 Å². The van der Waals surface area contributed by atoms with E-state index in [2.05, 4.69) is 5.32 Å². The van der Waals surface area contributed by atoms with Crippen molar-refractivity contribution in [3.63, 3.8) is 0 Å². The Kier molecular flexibility index (Phi) is 6.63. The molecule has 0 radical (unpaired) electrons. The van der Waals surface area contributed by atoms with Crippen molar-refractivity contribution >= 4 is 45.0 Å². The number of thioether (sulfide) groups is 1. The van der Waals surface area contributed by atoms with E-state index in [1.165, 1.54) is 22.9 Å². The molecule has 1 atom stereocenters. The number of nitrogens with zero attached hydrogens (tertiary/aromatic N) is 1. The molecule has 2 N–H and O–H groups in total. The molecule has 0 aliphatic carbocycles. The first-order chi connectivity index (χ1) is 11.4. The van der Waals surface area contributed by atoms with Crippen LogP contribution in [0.4, 0.5) is 0 Å². The summed E-state index contributed by atoms with van der Waals surface area (Å²) >= 11 is 2.64. The molecule has 1 fully saturated rings. The van der Waals surface area contributed by atoms with Crippen LogP contribution in [0, 0.1) is 0 Å². The molecule has 0 aromatic carbocycles. The Balaban J connectivity index is 2.22. The maximum absolute atomic E-state index is 12.7. The van der Waals surface area contributed by atoms with E-state index in [0.717, 1.165) is 11.3 Å². The van der Waals surface area contributed by atoms with Crippen LogP contribution in [-0.2, 0) is 19.6 Å². The van der Waals surface area contributed by atoms with Crippen molar-refractivity contribution in [3.05, 3.63) is 16.3 Å². The summed E-state index contributed by atoms with van der Waals surface area (Å²) in [5, 5.41) is 12.9. The van der Waals surface area contributed by atoms with Gasteiger partial charge in [-0.3, -0.25) is 4.79 Å². The topological polar surface area (TPSA) is 113 Å². The average Bonchev–Trinajstić information content (AvgIpc) is 3.05. The summed E-state index contributed by atoms with van der Waals surface area (Å²) < 4.78 is 31.6. The van der Waals surface area contributed by atoms with Gasteiger partial charge in [-0.05, 0) is 11.4 Å². The lowest BCUT2D eigenvalue weighted by molar-refractivity contribution is -0.140. The summed E-state index contributed by atoms with van der Waals surface area (Å²) in [7, 11) is -2.45. The van der Waals surface area contributed by atoms with E-state index < -0.39 is 27.9 Å². The molecule has 1 aliphatic rings. The summed E-state index contributed by atoms with van der Waals surface area (Å²) in [5.74, 6) is -0.571. The van der Waals surface area contributed by atoms with Crippen molar-refractivity contribution in [1.82, 2.24) is 9.62 Å². The highest BCUT2D eigenvalue weighted by Gasteiger charge is 2.32. The first kappa shape index (κ1) is 19.2. The minimum atomic E-state index is -3.77. The largest absolute Gasteiger partial charge is 0.480 e. The number of ether oxygens (including phenoxy) is 1. The average molecular weight is 394 g/mol. The van der Waals surface area contributed by atoms with Crippen LogP contribution >= 0.6 is 23.1 Å². The zero-order valence-electron chi connectivity index (χ0n) is 12.9. The molecule has 0 spiro atoms. The highest BCUT2D eigenvalue weighted by atomic mass is 32.2. The van der Waals surface area contributed by atoms with E-state index in [0.29, 0.717) is 24.6 Å². The minimum Gasteiger partial charge on any atom is -0.480 e. The molecule has 134 valence electrons. The van der Waals surface area contributed by atoms with Gasteiger partial charge in [0.15, 0.2) is 6.04 Å². The van der Waals surface area contributed by atoms with E-state index in [9.17, 15) is 18.0 Å². The Labute approximate surface area is 148 Å². The molecule has 0 saturated carbocycles. The molecule has 8 nitrogen and oxygen atoms in total. The number of methoxy groups -OCH3 is 1. The molecule has 1 unspecified atom stereocenters. The van der Waals surface area contributed by atoms with Gasteiger partial charge in [0.25, 0.3) is 5.91 Å². The van der Waals surface area contributed by atoms with Crippen LogP contribution in [0.3, 0.4) is 0 Å². The van der Waals surface area contributed by atoms with Crippen LogP contribution < -0.4 is 5.32 Å². The Hall–Kier alpha value is -1.14. The molecular formula is C13H18N2O6S3. The molecule has 1 aliphatic heterocycles. The maximum Gasteiger partial charge on any atom is 0.328 e. The fourth-order valence-corrected chi connectivity index (χ4v) is 6.04. The Morgan fingerprint density at radius 1 is 1.42 bits per heavy atom. The molecule has 2 heterocycles. The number of thiophene rings is 1. The summed E-state index contributed by atoms with van der Waals surface area (Å²) in [6.45, 7) is 0.578. The number of nitrogens with one attached hydrogen (secondary N) is 1. The predicted molar refractivity (Wildman–Crippen MR) is 91.2 cm³/mol. The quantitative estimate of drug-likeness (QED) is 0.684. The van der Waals surface area contributed by atoms with Crippen LogP contribution in [0.15, 0.2) is 16.3 Å². The summed E-state index contributed by atoms with van der Waals surface area (Å²) in [6, 6.07) is 0.134. The van der Waals surface area contributed by atoms with Gasteiger partial charge >= 0.3 is 5.97 Å². The van der Waals surface area contributed by atoms with Crippen LogP contribution in [0.2, 0.25) is 0 Å². The van der Waals surface area contributed by atoms with E-state index >= 15 is 0 Å². The maximum atomic E-state index is 12.7. The number of carboxylic acid groups (broad SMARTS) is 1. The van der Waals surface area contributed by atoms with Gasteiger partial charge in [0.1, 0.15) is 9.77 Å². The highest BCUT2D eigenvalue weighted by Crippen LogP contribution is 2.27. The summed E-state index contributed by atoms with van der Waals surface area (Å²) in [5.41, 5.74) is 0. The van der Waals surface area contributed by atoms with Crippen molar-refractivity contribution in [2.24, 2.45) is 0 Å². The Morgan fingerprint density at radius 2 is 2.08 bits per heavy atom. The van der Waals surface area contributed by atoms with Gasteiger partial charge in [0.05, 0.1) is 6.61 Å². The smallest absolute Gasteiger partial charge is 0.328 e. The number of aliphatic carboxylic acids is 1. The molecule has 1 aromatic rings. The number of sulfonamides is 1. The molecule has 1 aromatic heterocycles. The second-order valence-corrected chi connectivity index (χ2v) is 9.00. The van der Waals surface area contributed by atoms with Gasteiger partial charge in [-0.2, -0.15) is 16.1 Å². The predicted octanol–water partition coefficient (Wildman–Crippen LogP) is 0.315. The standard InChI is InChI=1S/C13H18N2O6S3/c1-21-8-9(13(17)18)14-12(16)11-10(2-5-23-11)24(19,20)15-3-6-22-7-4-15/h2,5,9H,3-4,6-8H2,1H3,(H,14,16)(H,17,18). The number of carbonyl (C=O) groups excluding carboxylic acids is 1. The molecule has 11 heteroatoms. The molecule has 1 saturated heterocycles. The third-order valence-corrected chi connectivity index (χ3v) is 7.29. The van der Waals surface area contributed by atoms with Gasteiger partial charge in [0.2, 0.25) is 10.0 Å². The number of hydrogen-bond donors (Lipinski definition) is 2. The fourth-order valence-electron chi connectivity index (χ4n) is 2.16. The normalized spacial score (nSPS) is 17.4. The zero-order chi connectivity index (χ0) is 17.7. The van der Waals surface area contributed by atoms with Gasteiger partial charge in [0, 0.05) is 31.7 Å². The van der Waals surface area contributed by atoms with E-state index in [-0.39, 0.29) is 16.4 Å². The van der Waals surface area contributed by atoms with Crippen molar-refractivity contribution in [3.8, 4) is 0 Å². The minimum absolute atomic E-state index is 0.0180. The zero-order valence-corrected chi connectivity index (χ0v) is 15.4.